The Labute approximate surface area is 112 Å². The highest BCUT2D eigenvalue weighted by Gasteiger charge is 2.42. The van der Waals surface area contributed by atoms with E-state index >= 15 is 0 Å². The first kappa shape index (κ1) is 11.2. The summed E-state index contributed by atoms with van der Waals surface area (Å²) in [7, 11) is 0. The van der Waals surface area contributed by atoms with E-state index in [2.05, 4.69) is 38.4 Å². The Hall–Kier alpha value is -1.68. The number of hydrogen-bond acceptors (Lipinski definition) is 3. The molecule has 2 aliphatic heterocycles. The average Bonchev–Trinajstić information content (AvgIpc) is 3.09. The molecular weight excluding hydrogens is 236 g/mol. The molecule has 2 aromatic rings. The molecule has 2 unspecified atom stereocenters. The fourth-order valence-electron chi connectivity index (χ4n) is 3.64. The number of rotatable bonds is 2. The second-order valence-electron chi connectivity index (χ2n) is 5.83. The number of aromatic amines is 1. The lowest BCUT2D eigenvalue weighted by molar-refractivity contribution is 0.243. The lowest BCUT2D eigenvalue weighted by Gasteiger charge is -2.34. The van der Waals surface area contributed by atoms with Crippen LogP contribution in [-0.2, 0) is 5.41 Å². The normalized spacial score (nSPS) is 29.6. The first-order valence-electron chi connectivity index (χ1n) is 7.04. The zero-order valence-electron chi connectivity index (χ0n) is 11.0. The lowest BCUT2D eigenvalue weighted by atomic mass is 9.75. The molecule has 0 aliphatic carbocycles. The molecule has 0 amide bonds. The fourth-order valence-corrected chi connectivity index (χ4v) is 3.64. The molecule has 98 valence electrons. The number of H-pyrrole nitrogens is 1. The molecule has 2 aliphatic rings. The van der Waals surface area contributed by atoms with Crippen LogP contribution in [-0.4, -0.2) is 39.7 Å². The Morgan fingerprint density at radius 3 is 2.95 bits per heavy atom. The molecule has 4 rings (SSSR count). The van der Waals surface area contributed by atoms with E-state index in [9.17, 15) is 0 Å². The minimum absolute atomic E-state index is 0.375. The lowest BCUT2D eigenvalue weighted by Crippen LogP contribution is -2.36. The van der Waals surface area contributed by atoms with E-state index < -0.39 is 0 Å². The van der Waals surface area contributed by atoms with Crippen LogP contribution in [0.2, 0.25) is 0 Å². The van der Waals surface area contributed by atoms with Gasteiger partial charge in [0.05, 0.1) is 11.9 Å². The summed E-state index contributed by atoms with van der Waals surface area (Å²) >= 11 is 0. The zero-order chi connectivity index (χ0) is 12.7. The maximum atomic E-state index is 4.63. The molecule has 2 fully saturated rings. The van der Waals surface area contributed by atoms with Gasteiger partial charge in [0, 0.05) is 29.9 Å². The zero-order valence-corrected chi connectivity index (χ0v) is 11.0. The van der Waals surface area contributed by atoms with E-state index in [-0.39, 0.29) is 0 Å². The number of hydrogen-bond donors (Lipinski definition) is 1. The van der Waals surface area contributed by atoms with Crippen molar-refractivity contribution in [3.63, 3.8) is 0 Å². The summed E-state index contributed by atoms with van der Waals surface area (Å²) in [6.07, 6.45) is 9.72. The molecular formula is C15H18N4. The van der Waals surface area contributed by atoms with E-state index in [1.54, 1.807) is 0 Å². The molecule has 4 nitrogen and oxygen atoms in total. The highest BCUT2D eigenvalue weighted by atomic mass is 15.2. The van der Waals surface area contributed by atoms with Crippen LogP contribution in [0, 0.1) is 0 Å². The molecule has 0 aromatic carbocycles. The van der Waals surface area contributed by atoms with Gasteiger partial charge < -0.3 is 4.90 Å². The second kappa shape index (κ2) is 4.17. The Kier molecular flexibility index (Phi) is 2.45. The van der Waals surface area contributed by atoms with Crippen LogP contribution in [0.25, 0.3) is 11.3 Å². The molecule has 0 saturated carbocycles. The van der Waals surface area contributed by atoms with Crippen molar-refractivity contribution in [3.8, 4) is 11.3 Å². The van der Waals surface area contributed by atoms with Crippen LogP contribution >= 0.6 is 0 Å². The van der Waals surface area contributed by atoms with Crippen molar-refractivity contribution in [1.82, 2.24) is 20.1 Å². The van der Waals surface area contributed by atoms with Gasteiger partial charge in [-0.1, -0.05) is 6.07 Å². The monoisotopic (exact) mass is 254 g/mol. The number of fused-ring (bicyclic) bond motifs is 2. The van der Waals surface area contributed by atoms with E-state index in [1.165, 1.54) is 44.5 Å². The van der Waals surface area contributed by atoms with E-state index in [4.69, 9.17) is 0 Å². The SMILES string of the molecule is c1n[nH]cc1-c1ccc(C23CCCN(CC2)C3)cn1. The number of piperidine rings is 1. The van der Waals surface area contributed by atoms with Crippen LogP contribution in [0.5, 0.6) is 0 Å². The molecule has 0 radical (unpaired) electrons. The molecule has 0 spiro atoms. The third-order valence-corrected chi connectivity index (χ3v) is 4.73. The molecule has 4 heteroatoms. The smallest absolute Gasteiger partial charge is 0.0733 e. The quantitative estimate of drug-likeness (QED) is 0.893. The van der Waals surface area contributed by atoms with Crippen molar-refractivity contribution < 1.29 is 0 Å². The molecule has 2 aromatic heterocycles. The van der Waals surface area contributed by atoms with E-state index in [0.29, 0.717) is 5.41 Å². The first-order chi connectivity index (χ1) is 9.36. The maximum Gasteiger partial charge on any atom is 0.0733 e. The first-order valence-corrected chi connectivity index (χ1v) is 7.04. The van der Waals surface area contributed by atoms with Gasteiger partial charge >= 0.3 is 0 Å². The van der Waals surface area contributed by atoms with Crippen molar-refractivity contribution in [1.29, 1.82) is 0 Å². The summed E-state index contributed by atoms with van der Waals surface area (Å²) in [6.45, 7) is 3.76. The summed E-state index contributed by atoms with van der Waals surface area (Å²) in [5, 5.41) is 6.81. The number of pyridine rings is 1. The molecule has 1 N–H and O–H groups in total. The van der Waals surface area contributed by atoms with Crippen LogP contribution < -0.4 is 0 Å². The summed E-state index contributed by atoms with van der Waals surface area (Å²) in [6, 6.07) is 4.40. The molecule has 2 atom stereocenters. The fraction of sp³-hybridized carbons (Fsp3) is 0.467. The number of nitrogens with one attached hydrogen (secondary N) is 1. The molecule has 4 heterocycles. The van der Waals surface area contributed by atoms with Gasteiger partial charge in [-0.3, -0.25) is 10.1 Å². The van der Waals surface area contributed by atoms with Crippen LogP contribution in [0.1, 0.15) is 24.8 Å². The summed E-state index contributed by atoms with van der Waals surface area (Å²) < 4.78 is 0. The third kappa shape index (κ3) is 1.78. The highest BCUT2D eigenvalue weighted by molar-refractivity contribution is 5.56. The molecule has 2 bridgehead atoms. The number of nitrogens with zero attached hydrogens (tertiary/aromatic N) is 3. The Morgan fingerprint density at radius 2 is 2.16 bits per heavy atom. The van der Waals surface area contributed by atoms with Crippen molar-refractivity contribution >= 4 is 0 Å². The van der Waals surface area contributed by atoms with E-state index in [1.807, 2.05) is 12.4 Å². The van der Waals surface area contributed by atoms with Crippen molar-refractivity contribution in [3.05, 3.63) is 36.3 Å². The Balaban J connectivity index is 1.66. The van der Waals surface area contributed by atoms with Gasteiger partial charge in [-0.15, -0.1) is 0 Å². The van der Waals surface area contributed by atoms with Gasteiger partial charge in [-0.05, 0) is 44.0 Å². The summed E-state index contributed by atoms with van der Waals surface area (Å²) in [5.74, 6) is 0. The van der Waals surface area contributed by atoms with Gasteiger partial charge in [0.15, 0.2) is 0 Å². The standard InChI is InChI=1S/C15H18N4/c1-4-15(5-7-19(6-1)11-15)13-2-3-14(16-10-13)12-8-17-18-9-12/h2-3,8-10H,1,4-7,11H2,(H,17,18). The van der Waals surface area contributed by atoms with Gasteiger partial charge in [-0.25, -0.2) is 0 Å². The number of aromatic nitrogens is 3. The largest absolute Gasteiger partial charge is 0.302 e. The Bertz CT molecular complexity index is 556. The average molecular weight is 254 g/mol. The molecule has 19 heavy (non-hydrogen) atoms. The van der Waals surface area contributed by atoms with Crippen molar-refractivity contribution in [2.75, 3.05) is 19.6 Å². The minimum Gasteiger partial charge on any atom is -0.302 e. The third-order valence-electron chi connectivity index (χ3n) is 4.73. The van der Waals surface area contributed by atoms with Gasteiger partial charge in [0.25, 0.3) is 0 Å². The molecule has 2 saturated heterocycles. The van der Waals surface area contributed by atoms with Crippen LogP contribution in [0.15, 0.2) is 30.7 Å². The summed E-state index contributed by atoms with van der Waals surface area (Å²) in [5.41, 5.74) is 3.85. The van der Waals surface area contributed by atoms with Crippen LogP contribution in [0.3, 0.4) is 0 Å². The van der Waals surface area contributed by atoms with Gasteiger partial charge in [0.1, 0.15) is 0 Å². The maximum absolute atomic E-state index is 4.63. The summed E-state index contributed by atoms with van der Waals surface area (Å²) in [4.78, 5) is 7.22. The second-order valence-corrected chi connectivity index (χ2v) is 5.83. The van der Waals surface area contributed by atoms with Gasteiger partial charge in [-0.2, -0.15) is 5.10 Å². The topological polar surface area (TPSA) is 44.8 Å². The Morgan fingerprint density at radius 1 is 1.16 bits per heavy atom. The predicted molar refractivity (Wildman–Crippen MR) is 73.8 cm³/mol. The highest BCUT2D eigenvalue weighted by Crippen LogP contribution is 2.41. The van der Waals surface area contributed by atoms with Gasteiger partial charge in [0.2, 0.25) is 0 Å². The minimum atomic E-state index is 0.375. The van der Waals surface area contributed by atoms with Crippen molar-refractivity contribution in [2.45, 2.75) is 24.7 Å². The predicted octanol–water partition coefficient (Wildman–Crippen LogP) is 2.21. The van der Waals surface area contributed by atoms with Crippen molar-refractivity contribution in [2.24, 2.45) is 0 Å². The van der Waals surface area contributed by atoms with Crippen LogP contribution in [0.4, 0.5) is 0 Å². The van der Waals surface area contributed by atoms with E-state index in [0.717, 1.165) is 11.3 Å².